The van der Waals surface area contributed by atoms with Crippen molar-refractivity contribution >= 4 is 51.6 Å². The number of carbonyl (C=O) groups excluding carboxylic acids is 2. The molecule has 4 aromatic heterocycles. The minimum Gasteiger partial charge on any atom is -0.467 e. The van der Waals surface area contributed by atoms with E-state index in [-0.39, 0.29) is 24.2 Å². The molecule has 0 spiro atoms. The smallest absolute Gasteiger partial charge is 0.341 e. The maximum atomic E-state index is 13.2. The predicted molar refractivity (Wildman–Crippen MR) is 155 cm³/mol. The minimum absolute atomic E-state index is 0.0663. The number of amides is 1. The second-order valence-electron chi connectivity index (χ2n) is 9.63. The number of thiophene rings is 1. The van der Waals surface area contributed by atoms with Gasteiger partial charge in [-0.3, -0.25) is 14.0 Å². The predicted octanol–water partition coefficient (Wildman–Crippen LogP) is 5.77. The number of aryl methyl sites for hydroxylation is 2. The normalized spacial score (nSPS) is 14.8. The summed E-state index contributed by atoms with van der Waals surface area (Å²) in [4.78, 5) is 27.2. The number of nitrogens with one attached hydrogen (secondary N) is 1. The van der Waals surface area contributed by atoms with Gasteiger partial charge in [0, 0.05) is 11.9 Å². The highest BCUT2D eigenvalue weighted by Crippen LogP contribution is 2.41. The van der Waals surface area contributed by atoms with Crippen LogP contribution in [0.25, 0.3) is 11.5 Å². The summed E-state index contributed by atoms with van der Waals surface area (Å²) >= 11 is 9.29. The molecule has 1 aliphatic rings. The summed E-state index contributed by atoms with van der Waals surface area (Å²) in [7, 11) is 1.80. The topological polar surface area (TPSA) is 117 Å². The van der Waals surface area contributed by atoms with E-state index in [0.717, 1.165) is 36.1 Å². The van der Waals surface area contributed by atoms with Gasteiger partial charge in [-0.05, 0) is 56.7 Å². The minimum atomic E-state index is -0.385. The molecule has 4 heterocycles. The van der Waals surface area contributed by atoms with Gasteiger partial charge < -0.3 is 14.5 Å². The Labute approximate surface area is 245 Å². The lowest BCUT2D eigenvalue weighted by atomic mass is 9.85. The zero-order chi connectivity index (χ0) is 28.4. The molecule has 4 aromatic rings. The lowest BCUT2D eigenvalue weighted by Crippen LogP contribution is -2.18. The Morgan fingerprint density at radius 1 is 1.32 bits per heavy atom. The second kappa shape index (κ2) is 12.2. The first-order chi connectivity index (χ1) is 19.3. The molecule has 212 valence electrons. The molecule has 0 radical (unpaired) electrons. The number of aromatic nitrogens is 5. The van der Waals surface area contributed by atoms with E-state index in [2.05, 4.69) is 27.5 Å². The molecule has 1 N–H and O–H groups in total. The number of ether oxygens (including phenoxy) is 1. The Balaban J connectivity index is 1.38. The molecule has 10 nitrogen and oxygen atoms in total. The number of halogens is 1. The van der Waals surface area contributed by atoms with E-state index in [4.69, 9.17) is 20.8 Å². The molecule has 0 aromatic carbocycles. The zero-order valence-corrected chi connectivity index (χ0v) is 25.2. The van der Waals surface area contributed by atoms with Gasteiger partial charge >= 0.3 is 5.97 Å². The maximum Gasteiger partial charge on any atom is 0.341 e. The largest absolute Gasteiger partial charge is 0.467 e. The SMILES string of the molecule is CCOC(=O)c1c(NC(=O)CSc2nnc(-c3c(Cl)c(C)nn3C)n2Cc2ccco2)sc2c1CC[C@H](CC)C2. The average Bonchev–Trinajstić information content (AvgIpc) is 3.70. The van der Waals surface area contributed by atoms with E-state index >= 15 is 0 Å². The lowest BCUT2D eigenvalue weighted by molar-refractivity contribution is -0.113. The average molecular weight is 603 g/mol. The quantitative estimate of drug-likeness (QED) is 0.180. The van der Waals surface area contributed by atoms with E-state index in [1.54, 1.807) is 24.9 Å². The number of furan rings is 1. The second-order valence-corrected chi connectivity index (χ2v) is 12.1. The van der Waals surface area contributed by atoms with Crippen LogP contribution in [0.1, 0.15) is 58.9 Å². The Bertz CT molecular complexity index is 1520. The lowest BCUT2D eigenvalue weighted by Gasteiger charge is -2.20. The highest BCUT2D eigenvalue weighted by molar-refractivity contribution is 7.99. The summed E-state index contributed by atoms with van der Waals surface area (Å²) in [6.45, 7) is 6.43. The van der Waals surface area contributed by atoms with Crippen molar-refractivity contribution in [2.24, 2.45) is 13.0 Å². The molecule has 5 rings (SSSR count). The Morgan fingerprint density at radius 2 is 2.15 bits per heavy atom. The molecule has 0 saturated carbocycles. The zero-order valence-electron chi connectivity index (χ0n) is 22.8. The number of esters is 1. The molecule has 1 atom stereocenters. The van der Waals surface area contributed by atoms with Gasteiger partial charge in [-0.15, -0.1) is 21.5 Å². The number of fused-ring (bicyclic) bond motifs is 1. The van der Waals surface area contributed by atoms with E-state index in [0.29, 0.717) is 56.2 Å². The van der Waals surface area contributed by atoms with Gasteiger partial charge in [0.1, 0.15) is 16.5 Å². The van der Waals surface area contributed by atoms with Gasteiger partial charge in [-0.25, -0.2) is 4.79 Å². The first-order valence-electron chi connectivity index (χ1n) is 13.2. The van der Waals surface area contributed by atoms with Crippen LogP contribution in [-0.2, 0) is 36.0 Å². The fourth-order valence-corrected chi connectivity index (χ4v) is 7.30. The van der Waals surface area contributed by atoms with Gasteiger partial charge in [0.05, 0.1) is 41.4 Å². The number of hydrogen-bond donors (Lipinski definition) is 1. The van der Waals surface area contributed by atoms with E-state index in [9.17, 15) is 9.59 Å². The Hall–Kier alpha value is -3.09. The number of carbonyl (C=O) groups is 2. The van der Waals surface area contributed by atoms with Gasteiger partial charge in [0.15, 0.2) is 11.0 Å². The molecule has 0 unspecified atom stereocenters. The molecular formula is C27H31ClN6O4S2. The molecule has 0 saturated heterocycles. The highest BCUT2D eigenvalue weighted by Gasteiger charge is 2.30. The van der Waals surface area contributed by atoms with Crippen LogP contribution in [0.2, 0.25) is 5.02 Å². The Morgan fingerprint density at radius 3 is 2.83 bits per heavy atom. The summed E-state index contributed by atoms with van der Waals surface area (Å²) < 4.78 is 14.4. The monoisotopic (exact) mass is 602 g/mol. The van der Waals surface area contributed by atoms with Gasteiger partial charge in [0.25, 0.3) is 0 Å². The molecule has 0 fully saturated rings. The van der Waals surface area contributed by atoms with E-state index in [1.165, 1.54) is 23.1 Å². The van der Waals surface area contributed by atoms with Crippen molar-refractivity contribution in [2.75, 3.05) is 17.7 Å². The summed E-state index contributed by atoms with van der Waals surface area (Å²) in [6, 6.07) is 3.67. The first kappa shape index (κ1) is 28.4. The number of thioether (sulfide) groups is 1. The van der Waals surface area contributed by atoms with Crippen molar-refractivity contribution < 1.29 is 18.7 Å². The van der Waals surface area contributed by atoms with E-state index in [1.807, 2.05) is 23.6 Å². The van der Waals surface area contributed by atoms with Gasteiger partial charge in [-0.1, -0.05) is 36.7 Å². The van der Waals surface area contributed by atoms with Crippen LogP contribution in [0, 0.1) is 12.8 Å². The van der Waals surface area contributed by atoms with Crippen LogP contribution in [0.15, 0.2) is 28.0 Å². The molecule has 40 heavy (non-hydrogen) atoms. The molecular weight excluding hydrogens is 572 g/mol. The first-order valence-corrected chi connectivity index (χ1v) is 15.4. The highest BCUT2D eigenvalue weighted by atomic mass is 35.5. The number of hydrogen-bond acceptors (Lipinski definition) is 9. The van der Waals surface area contributed by atoms with Crippen LogP contribution in [0.3, 0.4) is 0 Å². The molecule has 13 heteroatoms. The van der Waals surface area contributed by atoms with Gasteiger partial charge in [-0.2, -0.15) is 5.10 Å². The third-order valence-corrected chi connectivity index (χ3v) is 9.57. The van der Waals surface area contributed by atoms with Crippen molar-refractivity contribution in [3.8, 4) is 11.5 Å². The van der Waals surface area contributed by atoms with Crippen molar-refractivity contribution in [3.05, 3.63) is 50.9 Å². The third kappa shape index (κ3) is 5.70. The molecule has 0 aliphatic heterocycles. The van der Waals surface area contributed by atoms with E-state index < -0.39 is 0 Å². The Kier molecular flexibility index (Phi) is 8.67. The number of rotatable bonds is 10. The fraction of sp³-hybridized carbons (Fsp3) is 0.444. The standard InChI is InChI=1S/C27H31ClN6O4S2/c1-5-16-9-10-18-19(12-16)40-25(21(18)26(36)37-6-2)29-20(35)14-39-27-31-30-24(23-22(28)15(3)32-33(23)4)34(27)13-17-8-7-11-38-17/h7-8,11,16H,5-6,9-10,12-14H2,1-4H3,(H,29,35)/t16-/m0/s1. The third-order valence-electron chi connectivity index (χ3n) is 6.98. The van der Waals surface area contributed by atoms with Crippen molar-refractivity contribution in [2.45, 2.75) is 58.2 Å². The van der Waals surface area contributed by atoms with Crippen molar-refractivity contribution in [1.29, 1.82) is 0 Å². The van der Waals surface area contributed by atoms with Crippen LogP contribution < -0.4 is 5.32 Å². The summed E-state index contributed by atoms with van der Waals surface area (Å²) in [5, 5.41) is 17.7. The summed E-state index contributed by atoms with van der Waals surface area (Å²) in [6.07, 6.45) is 5.46. The van der Waals surface area contributed by atoms with Crippen LogP contribution in [0.4, 0.5) is 5.00 Å². The van der Waals surface area contributed by atoms with Crippen LogP contribution >= 0.6 is 34.7 Å². The van der Waals surface area contributed by atoms with Crippen LogP contribution in [0.5, 0.6) is 0 Å². The molecule has 0 bridgehead atoms. The number of nitrogens with zero attached hydrogens (tertiary/aromatic N) is 5. The number of anilines is 1. The van der Waals surface area contributed by atoms with Gasteiger partial charge in [0.2, 0.25) is 5.91 Å². The fourth-order valence-electron chi connectivity index (χ4n) is 4.95. The van der Waals surface area contributed by atoms with Crippen molar-refractivity contribution in [3.63, 3.8) is 0 Å². The molecule has 1 amide bonds. The molecule has 1 aliphatic carbocycles. The maximum absolute atomic E-state index is 13.2. The van der Waals surface area contributed by atoms with Crippen LogP contribution in [-0.4, -0.2) is 48.8 Å². The summed E-state index contributed by atoms with van der Waals surface area (Å²) in [5.74, 6) is 1.25. The summed E-state index contributed by atoms with van der Waals surface area (Å²) in [5.41, 5.74) is 2.83. The van der Waals surface area contributed by atoms with Crippen molar-refractivity contribution in [1.82, 2.24) is 24.5 Å².